The van der Waals surface area contributed by atoms with Crippen LogP contribution >= 0.6 is 0 Å². The van der Waals surface area contributed by atoms with Gasteiger partial charge in [0.05, 0.1) is 5.69 Å². The van der Waals surface area contributed by atoms with E-state index in [-0.39, 0.29) is 11.7 Å². The molecule has 1 aromatic rings. The molecule has 1 saturated carbocycles. The van der Waals surface area contributed by atoms with Gasteiger partial charge in [0, 0.05) is 39.2 Å². The number of rotatable bonds is 5. The van der Waals surface area contributed by atoms with Crippen LogP contribution in [0, 0.1) is 0 Å². The van der Waals surface area contributed by atoms with Crippen molar-refractivity contribution in [3.8, 4) is 0 Å². The summed E-state index contributed by atoms with van der Waals surface area (Å²) in [5.74, 6) is 0.459. The van der Waals surface area contributed by atoms with Crippen LogP contribution in [0.4, 0.5) is 4.79 Å². The third kappa shape index (κ3) is 4.97. The fourth-order valence-corrected chi connectivity index (χ4v) is 1.98. The topological polar surface area (TPSA) is 75.9 Å². The summed E-state index contributed by atoms with van der Waals surface area (Å²) in [6.45, 7) is 6.20. The second-order valence-electron chi connectivity index (χ2n) is 7.02. The summed E-state index contributed by atoms with van der Waals surface area (Å²) in [5, 5.41) is 3.94. The minimum Gasteiger partial charge on any atom is -0.444 e. The van der Waals surface area contributed by atoms with E-state index < -0.39 is 11.7 Å². The van der Waals surface area contributed by atoms with Gasteiger partial charge in [-0.25, -0.2) is 4.79 Å². The van der Waals surface area contributed by atoms with Crippen molar-refractivity contribution in [2.45, 2.75) is 45.1 Å². The van der Waals surface area contributed by atoms with E-state index in [9.17, 15) is 9.59 Å². The first-order valence-electron chi connectivity index (χ1n) is 7.83. The number of amides is 2. The standard InChI is InChI=1S/C16H25N3O4/c1-16(2,3)22-15(21)19(5)9-8-18(4)14(20)13-10-12(17-23-13)11-6-7-11/h10-11H,6-9H2,1-5H3. The molecule has 1 aliphatic rings. The highest BCUT2D eigenvalue weighted by Gasteiger charge is 2.29. The van der Waals surface area contributed by atoms with Crippen LogP contribution in [0.15, 0.2) is 10.6 Å². The number of carbonyl (C=O) groups excluding carboxylic acids is 2. The predicted octanol–water partition coefficient (Wildman–Crippen LogP) is 2.49. The van der Waals surface area contributed by atoms with Gasteiger partial charge in [-0.15, -0.1) is 0 Å². The van der Waals surface area contributed by atoms with Gasteiger partial charge in [-0.3, -0.25) is 4.79 Å². The van der Waals surface area contributed by atoms with Gasteiger partial charge in [0.2, 0.25) is 5.76 Å². The lowest BCUT2D eigenvalue weighted by atomic mass is 10.2. The minimum atomic E-state index is -0.536. The van der Waals surface area contributed by atoms with E-state index in [1.54, 1.807) is 20.2 Å². The van der Waals surface area contributed by atoms with E-state index in [0.29, 0.717) is 19.0 Å². The molecule has 0 aliphatic heterocycles. The molecule has 0 bridgehead atoms. The van der Waals surface area contributed by atoms with Gasteiger partial charge in [-0.2, -0.15) is 0 Å². The van der Waals surface area contributed by atoms with Crippen LogP contribution in [0.25, 0.3) is 0 Å². The smallest absolute Gasteiger partial charge is 0.410 e. The Labute approximate surface area is 136 Å². The van der Waals surface area contributed by atoms with Crippen LogP contribution in [0.3, 0.4) is 0 Å². The van der Waals surface area contributed by atoms with Crippen molar-refractivity contribution in [1.82, 2.24) is 15.0 Å². The number of hydrogen-bond donors (Lipinski definition) is 0. The van der Waals surface area contributed by atoms with Gasteiger partial charge in [-0.1, -0.05) is 5.16 Å². The Kier molecular flexibility index (Phi) is 4.97. The van der Waals surface area contributed by atoms with Crippen LogP contribution in [-0.4, -0.2) is 59.7 Å². The number of carbonyl (C=O) groups is 2. The van der Waals surface area contributed by atoms with E-state index in [0.717, 1.165) is 18.5 Å². The van der Waals surface area contributed by atoms with E-state index in [1.807, 2.05) is 20.8 Å². The maximum absolute atomic E-state index is 12.3. The first kappa shape index (κ1) is 17.3. The van der Waals surface area contributed by atoms with E-state index in [4.69, 9.17) is 9.26 Å². The van der Waals surface area contributed by atoms with Gasteiger partial charge < -0.3 is 19.1 Å². The fraction of sp³-hybridized carbons (Fsp3) is 0.688. The number of ether oxygens (including phenoxy) is 1. The molecule has 0 unspecified atom stereocenters. The summed E-state index contributed by atoms with van der Waals surface area (Å²) >= 11 is 0. The van der Waals surface area contributed by atoms with Crippen LogP contribution in [-0.2, 0) is 4.74 Å². The van der Waals surface area contributed by atoms with Crippen molar-refractivity contribution in [1.29, 1.82) is 0 Å². The minimum absolute atomic E-state index is 0.234. The third-order valence-electron chi connectivity index (χ3n) is 3.56. The number of nitrogens with zero attached hydrogens (tertiary/aromatic N) is 3. The Morgan fingerprint density at radius 1 is 1.26 bits per heavy atom. The average Bonchev–Trinajstić information content (AvgIpc) is 3.19. The first-order chi connectivity index (χ1) is 10.7. The molecule has 0 saturated heterocycles. The Balaban J connectivity index is 1.82. The Morgan fingerprint density at radius 2 is 1.87 bits per heavy atom. The predicted molar refractivity (Wildman–Crippen MR) is 84.3 cm³/mol. The molecule has 7 heteroatoms. The summed E-state index contributed by atoms with van der Waals surface area (Å²) in [6, 6.07) is 1.72. The molecule has 0 N–H and O–H groups in total. The lowest BCUT2D eigenvalue weighted by Gasteiger charge is -2.26. The van der Waals surface area contributed by atoms with Gasteiger partial charge in [0.15, 0.2) is 0 Å². The normalized spacial score (nSPS) is 14.5. The second kappa shape index (κ2) is 6.60. The van der Waals surface area contributed by atoms with Crippen molar-refractivity contribution in [3.63, 3.8) is 0 Å². The highest BCUT2D eigenvalue weighted by Crippen LogP contribution is 2.39. The average molecular weight is 323 g/mol. The van der Waals surface area contributed by atoms with Gasteiger partial charge in [0.25, 0.3) is 5.91 Å². The molecule has 1 aliphatic carbocycles. The third-order valence-corrected chi connectivity index (χ3v) is 3.56. The first-order valence-corrected chi connectivity index (χ1v) is 7.83. The monoisotopic (exact) mass is 323 g/mol. The van der Waals surface area contributed by atoms with Crippen LogP contribution < -0.4 is 0 Å². The lowest BCUT2D eigenvalue weighted by Crippen LogP contribution is -2.39. The summed E-state index contributed by atoms with van der Waals surface area (Å²) < 4.78 is 10.4. The molecule has 0 aromatic carbocycles. The SMILES string of the molecule is CN(CCN(C)C(=O)c1cc(C2CC2)no1)C(=O)OC(C)(C)C. The molecule has 128 valence electrons. The highest BCUT2D eigenvalue weighted by atomic mass is 16.6. The number of aromatic nitrogens is 1. The molecule has 23 heavy (non-hydrogen) atoms. The second-order valence-corrected chi connectivity index (χ2v) is 7.02. The summed E-state index contributed by atoms with van der Waals surface area (Å²) in [5.41, 5.74) is 0.319. The van der Waals surface area contributed by atoms with E-state index in [1.165, 1.54) is 9.80 Å². The Bertz CT molecular complexity index is 572. The summed E-state index contributed by atoms with van der Waals surface area (Å²) in [4.78, 5) is 27.1. The number of hydrogen-bond acceptors (Lipinski definition) is 5. The molecule has 1 aromatic heterocycles. The molecule has 1 heterocycles. The van der Waals surface area contributed by atoms with Crippen LogP contribution in [0.1, 0.15) is 55.8 Å². The molecule has 0 atom stereocenters. The summed E-state index contributed by atoms with van der Waals surface area (Å²) in [6.07, 6.45) is 1.81. The number of likely N-dealkylation sites (N-methyl/N-ethyl adjacent to an activating group) is 2. The Morgan fingerprint density at radius 3 is 2.43 bits per heavy atom. The fourth-order valence-electron chi connectivity index (χ4n) is 1.98. The molecule has 0 radical (unpaired) electrons. The van der Waals surface area contributed by atoms with Crippen LogP contribution in [0.5, 0.6) is 0 Å². The maximum Gasteiger partial charge on any atom is 0.410 e. The zero-order chi connectivity index (χ0) is 17.2. The zero-order valence-corrected chi connectivity index (χ0v) is 14.5. The molecule has 0 spiro atoms. The quantitative estimate of drug-likeness (QED) is 0.832. The van der Waals surface area contributed by atoms with E-state index >= 15 is 0 Å². The molecule has 2 rings (SSSR count). The van der Waals surface area contributed by atoms with Crippen molar-refractivity contribution in [3.05, 3.63) is 17.5 Å². The van der Waals surface area contributed by atoms with Crippen molar-refractivity contribution >= 4 is 12.0 Å². The maximum atomic E-state index is 12.3. The van der Waals surface area contributed by atoms with Gasteiger partial charge in [-0.05, 0) is 33.6 Å². The molecule has 2 amide bonds. The summed E-state index contributed by atoms with van der Waals surface area (Å²) in [7, 11) is 3.32. The molecule has 1 fully saturated rings. The van der Waals surface area contributed by atoms with Crippen molar-refractivity contribution in [2.75, 3.05) is 27.2 Å². The van der Waals surface area contributed by atoms with Crippen molar-refractivity contribution in [2.24, 2.45) is 0 Å². The molecular formula is C16H25N3O4. The van der Waals surface area contributed by atoms with Gasteiger partial charge >= 0.3 is 6.09 Å². The molecule has 7 nitrogen and oxygen atoms in total. The van der Waals surface area contributed by atoms with Crippen molar-refractivity contribution < 1.29 is 18.8 Å². The molecular weight excluding hydrogens is 298 g/mol. The largest absolute Gasteiger partial charge is 0.444 e. The van der Waals surface area contributed by atoms with Crippen LogP contribution in [0.2, 0.25) is 0 Å². The lowest BCUT2D eigenvalue weighted by molar-refractivity contribution is 0.0282. The van der Waals surface area contributed by atoms with E-state index in [2.05, 4.69) is 5.16 Å². The van der Waals surface area contributed by atoms with Gasteiger partial charge in [0.1, 0.15) is 5.60 Å². The zero-order valence-electron chi connectivity index (χ0n) is 14.5. The highest BCUT2D eigenvalue weighted by molar-refractivity contribution is 5.91. The Hall–Kier alpha value is -2.05.